The number of carbonyl (C=O) groups is 1. The van der Waals surface area contributed by atoms with Crippen molar-refractivity contribution in [3.05, 3.63) is 10.4 Å². The van der Waals surface area contributed by atoms with Gasteiger partial charge in [0.05, 0.1) is 0 Å². The van der Waals surface area contributed by atoms with Gasteiger partial charge in [0, 0.05) is 17.4 Å². The van der Waals surface area contributed by atoms with Crippen LogP contribution in [0.1, 0.15) is 40.0 Å². The van der Waals surface area contributed by atoms with Crippen molar-refractivity contribution < 1.29 is 4.79 Å². The molecule has 0 radical (unpaired) electrons. The minimum absolute atomic E-state index is 0.0185. The minimum atomic E-state index is 0.0185. The Hall–Kier alpha value is -1.02. The van der Waals surface area contributed by atoms with Crippen LogP contribution in [0.3, 0.4) is 0 Å². The monoisotopic (exact) mass is 197 g/mol. The fourth-order valence-corrected chi connectivity index (χ4v) is 1.59. The number of hydrogen-bond donors (Lipinski definition) is 0. The second kappa shape index (κ2) is 7.39. The predicted octanol–water partition coefficient (Wildman–Crippen LogP) is 3.33. The van der Waals surface area contributed by atoms with Crippen LogP contribution in [0.4, 0.5) is 0 Å². The third-order valence-electron chi connectivity index (χ3n) is 2.73. The molecule has 3 atom stereocenters. The summed E-state index contributed by atoms with van der Waals surface area (Å²) in [6.45, 7) is 6.20. The highest BCUT2D eigenvalue weighted by Gasteiger charge is 2.20. The van der Waals surface area contributed by atoms with Gasteiger partial charge in [-0.1, -0.05) is 32.3 Å². The fourth-order valence-electron chi connectivity index (χ4n) is 1.59. The molecule has 0 saturated carbocycles. The molecule has 0 aliphatic heterocycles. The third-order valence-corrected chi connectivity index (χ3v) is 2.73. The Labute approximate surface area is 85.3 Å². The van der Waals surface area contributed by atoms with Gasteiger partial charge in [0.2, 0.25) is 0 Å². The quantitative estimate of drug-likeness (QED) is 0.267. The zero-order chi connectivity index (χ0) is 11.0. The molecule has 4 nitrogen and oxygen atoms in total. The lowest BCUT2D eigenvalue weighted by Gasteiger charge is -2.23. The molecule has 0 fully saturated rings. The number of carbonyl (C=O) groups excluding carboxylic acids is 1. The Bertz CT molecular complexity index is 211. The lowest BCUT2D eigenvalue weighted by Crippen LogP contribution is -2.23. The van der Waals surface area contributed by atoms with E-state index in [0.717, 1.165) is 19.1 Å². The van der Waals surface area contributed by atoms with Crippen LogP contribution in [-0.4, -0.2) is 12.3 Å². The van der Waals surface area contributed by atoms with Gasteiger partial charge in [-0.05, 0) is 23.8 Å². The highest BCUT2D eigenvalue weighted by Crippen LogP contribution is 2.23. The molecule has 0 spiro atoms. The van der Waals surface area contributed by atoms with Gasteiger partial charge in [-0.15, -0.1) is 0 Å². The second-order valence-corrected chi connectivity index (χ2v) is 3.80. The van der Waals surface area contributed by atoms with Gasteiger partial charge < -0.3 is 4.79 Å². The van der Waals surface area contributed by atoms with Crippen LogP contribution < -0.4 is 0 Å². The van der Waals surface area contributed by atoms with E-state index < -0.39 is 0 Å². The summed E-state index contributed by atoms with van der Waals surface area (Å²) in [7, 11) is 0. The van der Waals surface area contributed by atoms with E-state index in [2.05, 4.69) is 23.9 Å². The summed E-state index contributed by atoms with van der Waals surface area (Å²) in [4.78, 5) is 13.1. The van der Waals surface area contributed by atoms with E-state index >= 15 is 0 Å². The molecule has 0 bridgehead atoms. The topological polar surface area (TPSA) is 65.8 Å². The number of aldehydes is 1. The van der Waals surface area contributed by atoms with E-state index in [4.69, 9.17) is 5.53 Å². The lowest BCUT2D eigenvalue weighted by atomic mass is 9.87. The number of hydrogen-bond acceptors (Lipinski definition) is 2. The van der Waals surface area contributed by atoms with Crippen molar-refractivity contribution in [3.63, 3.8) is 0 Å². The van der Waals surface area contributed by atoms with Crippen LogP contribution in [0.5, 0.6) is 0 Å². The Balaban J connectivity index is 4.31. The normalized spacial score (nSPS) is 16.5. The highest BCUT2D eigenvalue weighted by atomic mass is 16.1. The van der Waals surface area contributed by atoms with E-state index in [0.29, 0.717) is 12.3 Å². The summed E-state index contributed by atoms with van der Waals surface area (Å²) in [5, 5.41) is 3.81. The molecule has 0 heterocycles. The molecule has 0 aliphatic carbocycles. The third kappa shape index (κ3) is 4.28. The fraction of sp³-hybridized carbons (Fsp3) is 0.900. The van der Waals surface area contributed by atoms with E-state index in [9.17, 15) is 4.79 Å². The predicted molar refractivity (Wildman–Crippen MR) is 56.9 cm³/mol. The van der Waals surface area contributed by atoms with Crippen molar-refractivity contribution >= 4 is 6.29 Å². The van der Waals surface area contributed by atoms with Crippen LogP contribution in [0.2, 0.25) is 0 Å². The SMILES string of the molecule is CCC(C)C(N=[N+]=[N-])C(C)CCC=O. The standard InChI is InChI=1S/C10H19N3O/c1-4-8(2)10(12-13-11)9(3)6-5-7-14/h7-10H,4-6H2,1-3H3. The molecule has 0 saturated heterocycles. The molecule has 0 aromatic heterocycles. The molecule has 0 N–H and O–H groups in total. The van der Waals surface area contributed by atoms with Crippen molar-refractivity contribution in [3.8, 4) is 0 Å². The van der Waals surface area contributed by atoms with Crippen molar-refractivity contribution in [1.29, 1.82) is 0 Å². The average molecular weight is 197 g/mol. The van der Waals surface area contributed by atoms with Crippen LogP contribution in [0, 0.1) is 11.8 Å². The van der Waals surface area contributed by atoms with E-state index in [1.807, 2.05) is 6.92 Å². The first-order valence-electron chi connectivity index (χ1n) is 5.15. The summed E-state index contributed by atoms with van der Waals surface area (Å²) in [5.41, 5.74) is 8.44. The summed E-state index contributed by atoms with van der Waals surface area (Å²) in [6.07, 6.45) is 3.27. The van der Waals surface area contributed by atoms with Gasteiger partial charge in [-0.2, -0.15) is 0 Å². The number of azide groups is 1. The van der Waals surface area contributed by atoms with Gasteiger partial charge in [-0.3, -0.25) is 0 Å². The molecular weight excluding hydrogens is 178 g/mol. The van der Waals surface area contributed by atoms with Crippen LogP contribution in [0.15, 0.2) is 5.11 Å². The van der Waals surface area contributed by atoms with Crippen molar-refractivity contribution in [2.24, 2.45) is 17.0 Å². The lowest BCUT2D eigenvalue weighted by molar-refractivity contribution is -0.108. The molecular formula is C10H19N3O. The zero-order valence-electron chi connectivity index (χ0n) is 9.18. The Morgan fingerprint density at radius 2 is 2.07 bits per heavy atom. The largest absolute Gasteiger partial charge is 0.303 e. The zero-order valence-corrected chi connectivity index (χ0v) is 9.18. The molecule has 3 unspecified atom stereocenters. The maximum Gasteiger partial charge on any atom is 0.120 e. The van der Waals surface area contributed by atoms with E-state index in [-0.39, 0.29) is 12.0 Å². The summed E-state index contributed by atoms with van der Waals surface area (Å²) in [5.74, 6) is 0.665. The van der Waals surface area contributed by atoms with E-state index in [1.54, 1.807) is 0 Å². The maximum absolute atomic E-state index is 10.2. The van der Waals surface area contributed by atoms with Crippen molar-refractivity contribution in [2.75, 3.05) is 0 Å². The maximum atomic E-state index is 10.2. The Morgan fingerprint density at radius 1 is 1.43 bits per heavy atom. The van der Waals surface area contributed by atoms with Crippen molar-refractivity contribution in [2.45, 2.75) is 46.1 Å². The first-order valence-corrected chi connectivity index (χ1v) is 5.15. The molecule has 0 aromatic carbocycles. The first kappa shape index (κ1) is 13.0. The van der Waals surface area contributed by atoms with Gasteiger partial charge in [-0.25, -0.2) is 0 Å². The molecule has 0 aliphatic rings. The van der Waals surface area contributed by atoms with Crippen LogP contribution in [-0.2, 0) is 4.79 Å². The summed E-state index contributed by atoms with van der Waals surface area (Å²) < 4.78 is 0. The molecule has 0 aromatic rings. The van der Waals surface area contributed by atoms with Crippen molar-refractivity contribution in [1.82, 2.24) is 0 Å². The Kier molecular flexibility index (Phi) is 6.85. The second-order valence-electron chi connectivity index (χ2n) is 3.80. The minimum Gasteiger partial charge on any atom is -0.303 e. The van der Waals surface area contributed by atoms with E-state index in [1.165, 1.54) is 0 Å². The molecule has 0 amide bonds. The Morgan fingerprint density at radius 3 is 2.50 bits per heavy atom. The van der Waals surface area contributed by atoms with Crippen LogP contribution in [0.25, 0.3) is 10.4 Å². The smallest absolute Gasteiger partial charge is 0.120 e. The summed E-state index contributed by atoms with van der Waals surface area (Å²) >= 11 is 0. The van der Waals surface area contributed by atoms with Gasteiger partial charge in [0.15, 0.2) is 0 Å². The summed E-state index contributed by atoms with van der Waals surface area (Å²) in [6, 6.07) is 0.0185. The molecule has 80 valence electrons. The van der Waals surface area contributed by atoms with Crippen LogP contribution >= 0.6 is 0 Å². The van der Waals surface area contributed by atoms with Gasteiger partial charge in [0.25, 0.3) is 0 Å². The van der Waals surface area contributed by atoms with Gasteiger partial charge >= 0.3 is 0 Å². The molecule has 4 heteroatoms. The highest BCUT2D eigenvalue weighted by molar-refractivity contribution is 5.49. The number of nitrogens with zero attached hydrogens (tertiary/aromatic N) is 3. The number of rotatable bonds is 7. The first-order chi connectivity index (χ1) is 6.67. The van der Waals surface area contributed by atoms with Gasteiger partial charge in [0.1, 0.15) is 6.29 Å². The molecule has 14 heavy (non-hydrogen) atoms. The average Bonchev–Trinajstić information content (AvgIpc) is 2.21. The molecule has 0 rings (SSSR count).